The zero-order chi connectivity index (χ0) is 13.9. The molecule has 0 aromatic heterocycles. The molecule has 4 atom stereocenters. The molecule has 1 amide bonds. The Morgan fingerprint density at radius 1 is 1.35 bits per heavy atom. The van der Waals surface area contributed by atoms with E-state index in [1.165, 1.54) is 37.9 Å². The lowest BCUT2D eigenvalue weighted by Crippen LogP contribution is -2.64. The zero-order valence-corrected chi connectivity index (χ0v) is 12.7. The molecule has 0 spiro atoms. The highest BCUT2D eigenvalue weighted by Crippen LogP contribution is 2.58. The maximum atomic E-state index is 11.8. The Morgan fingerprint density at radius 2 is 2.20 bits per heavy atom. The molecule has 1 saturated carbocycles. The third-order valence-corrected chi connectivity index (χ3v) is 6.48. The normalized spacial score (nSPS) is 44.7. The minimum atomic E-state index is 0.239. The third kappa shape index (κ3) is 1.59. The van der Waals surface area contributed by atoms with Gasteiger partial charge in [-0.15, -0.1) is 0 Å². The Hall–Kier alpha value is -0.830. The Bertz CT molecular complexity index is 483. The molecule has 0 radical (unpaired) electrons. The van der Waals surface area contributed by atoms with Crippen molar-refractivity contribution in [2.75, 3.05) is 13.6 Å². The maximum absolute atomic E-state index is 11.8. The van der Waals surface area contributed by atoms with Crippen molar-refractivity contribution in [1.82, 2.24) is 10.2 Å². The van der Waals surface area contributed by atoms with Crippen LogP contribution in [0.4, 0.5) is 0 Å². The van der Waals surface area contributed by atoms with Crippen LogP contribution in [-0.2, 0) is 4.79 Å². The van der Waals surface area contributed by atoms with E-state index in [0.29, 0.717) is 6.42 Å². The summed E-state index contributed by atoms with van der Waals surface area (Å²) in [5.41, 5.74) is 3.19. The molecule has 110 valence electrons. The first kappa shape index (κ1) is 12.9. The number of nitrogens with one attached hydrogen (secondary N) is 1. The number of carbonyl (C=O) groups excluding carboxylic acids is 1. The van der Waals surface area contributed by atoms with E-state index in [4.69, 9.17) is 0 Å². The number of amides is 1. The molecule has 4 aliphatic rings. The Balaban J connectivity index is 1.85. The Labute approximate surface area is 121 Å². The smallest absolute Gasteiger partial charge is 0.224 e. The molecule has 2 bridgehead atoms. The average Bonchev–Trinajstić information content (AvgIpc) is 2.39. The first-order chi connectivity index (χ1) is 9.61. The van der Waals surface area contributed by atoms with Gasteiger partial charge in [-0.05, 0) is 75.4 Å². The van der Waals surface area contributed by atoms with E-state index >= 15 is 0 Å². The van der Waals surface area contributed by atoms with Gasteiger partial charge in [0.05, 0.1) is 0 Å². The van der Waals surface area contributed by atoms with Gasteiger partial charge in [-0.1, -0.05) is 6.92 Å². The predicted molar refractivity (Wildman–Crippen MR) is 79.0 cm³/mol. The van der Waals surface area contributed by atoms with Crippen molar-refractivity contribution < 1.29 is 4.79 Å². The van der Waals surface area contributed by atoms with Gasteiger partial charge in [0.25, 0.3) is 0 Å². The molecular formula is C17H26N2O. The number of likely N-dealkylation sites (tertiary alicyclic amines) is 1. The highest BCUT2D eigenvalue weighted by atomic mass is 16.1. The summed E-state index contributed by atoms with van der Waals surface area (Å²) < 4.78 is 0. The van der Waals surface area contributed by atoms with Crippen LogP contribution >= 0.6 is 0 Å². The molecule has 1 unspecified atom stereocenters. The molecule has 3 nitrogen and oxygen atoms in total. The SMILES string of the molecule is C[C@@H]1C[C@H]2CC3=C(CCC(=O)N3)[C@@]3(C1)C2CCCN3C. The lowest BCUT2D eigenvalue weighted by atomic mass is 9.52. The van der Waals surface area contributed by atoms with Crippen molar-refractivity contribution in [2.45, 2.75) is 57.4 Å². The molecule has 3 heteroatoms. The van der Waals surface area contributed by atoms with Crippen LogP contribution in [0.25, 0.3) is 0 Å². The minimum absolute atomic E-state index is 0.239. The lowest BCUT2D eigenvalue weighted by Gasteiger charge is -2.62. The van der Waals surface area contributed by atoms with Crippen LogP contribution in [0.3, 0.4) is 0 Å². The van der Waals surface area contributed by atoms with Gasteiger partial charge in [0.1, 0.15) is 0 Å². The highest BCUT2D eigenvalue weighted by Gasteiger charge is 2.57. The number of hydrogen-bond donors (Lipinski definition) is 1. The fourth-order valence-corrected chi connectivity index (χ4v) is 5.91. The van der Waals surface area contributed by atoms with Crippen molar-refractivity contribution in [3.63, 3.8) is 0 Å². The second-order valence-corrected chi connectivity index (χ2v) is 7.61. The van der Waals surface area contributed by atoms with Crippen molar-refractivity contribution in [1.29, 1.82) is 0 Å². The molecular weight excluding hydrogens is 248 g/mol. The van der Waals surface area contributed by atoms with Gasteiger partial charge >= 0.3 is 0 Å². The molecule has 2 aliphatic carbocycles. The summed E-state index contributed by atoms with van der Waals surface area (Å²) in [4.78, 5) is 14.4. The fraction of sp³-hybridized carbons (Fsp3) is 0.824. The fourth-order valence-electron chi connectivity index (χ4n) is 5.91. The monoisotopic (exact) mass is 274 g/mol. The number of hydrogen-bond acceptors (Lipinski definition) is 2. The van der Waals surface area contributed by atoms with Crippen LogP contribution in [0.5, 0.6) is 0 Å². The van der Waals surface area contributed by atoms with Gasteiger partial charge in [-0.3, -0.25) is 9.69 Å². The van der Waals surface area contributed by atoms with Crippen LogP contribution in [0.15, 0.2) is 11.3 Å². The summed E-state index contributed by atoms with van der Waals surface area (Å²) >= 11 is 0. The van der Waals surface area contributed by atoms with E-state index in [-0.39, 0.29) is 11.4 Å². The van der Waals surface area contributed by atoms with Crippen LogP contribution in [-0.4, -0.2) is 29.9 Å². The van der Waals surface area contributed by atoms with Crippen molar-refractivity contribution >= 4 is 5.91 Å². The van der Waals surface area contributed by atoms with Gasteiger partial charge in [0, 0.05) is 17.7 Å². The summed E-state index contributed by atoms with van der Waals surface area (Å²) in [6, 6.07) is 0. The second kappa shape index (κ2) is 4.33. The second-order valence-electron chi connectivity index (χ2n) is 7.61. The van der Waals surface area contributed by atoms with Crippen LogP contribution < -0.4 is 5.32 Å². The van der Waals surface area contributed by atoms with E-state index in [9.17, 15) is 4.79 Å². The zero-order valence-electron chi connectivity index (χ0n) is 12.7. The number of allylic oxidation sites excluding steroid dienone is 1. The maximum Gasteiger partial charge on any atom is 0.224 e. The highest BCUT2D eigenvalue weighted by molar-refractivity contribution is 5.80. The number of likely N-dealkylation sites (N-methyl/N-ethyl adjacent to an activating group) is 1. The number of carbonyl (C=O) groups is 1. The molecule has 0 aromatic carbocycles. The third-order valence-electron chi connectivity index (χ3n) is 6.48. The van der Waals surface area contributed by atoms with Crippen LogP contribution in [0, 0.1) is 17.8 Å². The van der Waals surface area contributed by atoms with Crippen LogP contribution in [0.1, 0.15) is 51.9 Å². The standard InChI is InChI=1S/C17H26N2O/c1-11-8-12-9-15-14(5-6-16(20)18-15)17(10-11)13(12)4-3-7-19(17)2/h11-13H,3-10H2,1-2H3,(H,18,20)/t11-,12+,13?,17-/m1/s1. The summed E-state index contributed by atoms with van der Waals surface area (Å²) in [5, 5.41) is 3.22. The molecule has 2 aliphatic heterocycles. The molecule has 1 saturated heterocycles. The number of piperidine rings is 1. The van der Waals surface area contributed by atoms with Crippen molar-refractivity contribution in [3.8, 4) is 0 Å². The largest absolute Gasteiger partial charge is 0.330 e. The van der Waals surface area contributed by atoms with E-state index in [2.05, 4.69) is 24.2 Å². The predicted octanol–water partition coefficient (Wildman–Crippen LogP) is 2.68. The number of nitrogens with zero attached hydrogens (tertiary/aromatic N) is 1. The first-order valence-corrected chi connectivity index (χ1v) is 8.35. The van der Waals surface area contributed by atoms with Gasteiger partial charge in [-0.25, -0.2) is 0 Å². The quantitative estimate of drug-likeness (QED) is 0.736. The lowest BCUT2D eigenvalue weighted by molar-refractivity contribution is -0.122. The Kier molecular flexibility index (Phi) is 2.79. The molecule has 0 aromatic rings. The summed E-state index contributed by atoms with van der Waals surface area (Å²) in [6.07, 6.45) is 8.23. The Morgan fingerprint density at radius 3 is 3.05 bits per heavy atom. The molecule has 4 rings (SSSR count). The van der Waals surface area contributed by atoms with E-state index in [1.54, 1.807) is 5.57 Å². The molecule has 2 fully saturated rings. The summed E-state index contributed by atoms with van der Waals surface area (Å²) in [6.45, 7) is 3.65. The molecule has 2 heterocycles. The van der Waals surface area contributed by atoms with E-state index in [0.717, 1.165) is 30.6 Å². The van der Waals surface area contributed by atoms with E-state index in [1.807, 2.05) is 0 Å². The number of rotatable bonds is 0. The van der Waals surface area contributed by atoms with Crippen molar-refractivity contribution in [2.24, 2.45) is 17.8 Å². The van der Waals surface area contributed by atoms with Gasteiger partial charge < -0.3 is 5.32 Å². The van der Waals surface area contributed by atoms with Crippen molar-refractivity contribution in [3.05, 3.63) is 11.3 Å². The van der Waals surface area contributed by atoms with Gasteiger partial charge in [-0.2, -0.15) is 0 Å². The minimum Gasteiger partial charge on any atom is -0.330 e. The first-order valence-electron chi connectivity index (χ1n) is 8.35. The molecule has 20 heavy (non-hydrogen) atoms. The van der Waals surface area contributed by atoms with E-state index < -0.39 is 0 Å². The summed E-state index contributed by atoms with van der Waals surface area (Å²) in [7, 11) is 2.33. The van der Waals surface area contributed by atoms with Gasteiger partial charge in [0.2, 0.25) is 5.91 Å². The topological polar surface area (TPSA) is 32.3 Å². The van der Waals surface area contributed by atoms with Gasteiger partial charge in [0.15, 0.2) is 0 Å². The van der Waals surface area contributed by atoms with Crippen LogP contribution in [0.2, 0.25) is 0 Å². The summed E-state index contributed by atoms with van der Waals surface area (Å²) in [5.74, 6) is 2.69. The average molecular weight is 274 g/mol. The molecule has 1 N–H and O–H groups in total.